The lowest BCUT2D eigenvalue weighted by Gasteiger charge is -2.34. The van der Waals surface area contributed by atoms with Crippen LogP contribution in [0.4, 0.5) is 10.2 Å². The molecule has 2 fully saturated rings. The summed E-state index contributed by atoms with van der Waals surface area (Å²) in [6.07, 6.45) is 2.36. The van der Waals surface area contributed by atoms with Crippen LogP contribution in [0.2, 0.25) is 5.02 Å². The van der Waals surface area contributed by atoms with Crippen molar-refractivity contribution in [3.8, 4) is 0 Å². The van der Waals surface area contributed by atoms with Crippen LogP contribution in [0, 0.1) is 5.82 Å². The van der Waals surface area contributed by atoms with Gasteiger partial charge in [-0.25, -0.2) is 12.8 Å². The molecular formula is C17H18ClFN4O2S. The minimum atomic E-state index is -3.70. The Balaban J connectivity index is 1.44. The van der Waals surface area contributed by atoms with Crippen LogP contribution >= 0.6 is 11.6 Å². The van der Waals surface area contributed by atoms with Crippen molar-refractivity contribution in [2.75, 3.05) is 31.1 Å². The normalized spacial score (nSPS) is 18.9. The molecule has 0 amide bonds. The number of hydrogen-bond donors (Lipinski definition) is 0. The van der Waals surface area contributed by atoms with Crippen LogP contribution in [0.3, 0.4) is 0 Å². The third-order valence-corrected chi connectivity index (χ3v) is 6.94. The zero-order valence-corrected chi connectivity index (χ0v) is 15.5. The average molecular weight is 397 g/mol. The Morgan fingerprint density at radius 1 is 1.04 bits per heavy atom. The molecule has 1 aromatic heterocycles. The number of nitrogens with zero attached hydrogens (tertiary/aromatic N) is 4. The smallest absolute Gasteiger partial charge is 0.243 e. The van der Waals surface area contributed by atoms with E-state index in [0.717, 1.165) is 23.6 Å². The molecule has 2 aromatic rings. The lowest BCUT2D eigenvalue weighted by Crippen LogP contribution is -2.49. The van der Waals surface area contributed by atoms with E-state index < -0.39 is 15.8 Å². The van der Waals surface area contributed by atoms with Crippen LogP contribution < -0.4 is 4.90 Å². The zero-order valence-electron chi connectivity index (χ0n) is 14.0. The molecule has 9 heteroatoms. The summed E-state index contributed by atoms with van der Waals surface area (Å²) in [6, 6.07) is 7.42. The number of rotatable bonds is 4. The molecule has 1 aromatic carbocycles. The van der Waals surface area contributed by atoms with E-state index in [4.69, 9.17) is 11.6 Å². The Hall–Kier alpha value is -1.77. The highest BCUT2D eigenvalue weighted by atomic mass is 35.5. The summed E-state index contributed by atoms with van der Waals surface area (Å²) in [6.45, 7) is 1.68. The fourth-order valence-electron chi connectivity index (χ4n) is 3.04. The molecule has 1 saturated heterocycles. The quantitative estimate of drug-likeness (QED) is 0.794. The zero-order chi connectivity index (χ0) is 18.3. The number of piperazine rings is 1. The summed E-state index contributed by atoms with van der Waals surface area (Å²) in [4.78, 5) is 2.03. The van der Waals surface area contributed by atoms with Gasteiger partial charge in [0.1, 0.15) is 5.82 Å². The molecule has 138 valence electrons. The predicted molar refractivity (Wildman–Crippen MR) is 96.4 cm³/mol. The van der Waals surface area contributed by atoms with E-state index in [9.17, 15) is 12.8 Å². The molecule has 1 saturated carbocycles. The first kappa shape index (κ1) is 17.6. The Bertz CT molecular complexity index is 911. The molecule has 1 aliphatic heterocycles. The van der Waals surface area contributed by atoms with E-state index in [2.05, 4.69) is 10.2 Å². The molecule has 0 N–H and O–H groups in total. The van der Waals surface area contributed by atoms with Gasteiger partial charge < -0.3 is 4.90 Å². The van der Waals surface area contributed by atoms with E-state index in [0.29, 0.717) is 32.1 Å². The molecule has 0 radical (unpaired) electrons. The minimum absolute atomic E-state index is 0.00549. The summed E-state index contributed by atoms with van der Waals surface area (Å²) in [7, 11) is -3.70. The summed E-state index contributed by atoms with van der Waals surface area (Å²) < 4.78 is 40.1. The minimum Gasteiger partial charge on any atom is -0.352 e. The maximum atomic E-state index is 13.3. The first-order valence-electron chi connectivity index (χ1n) is 8.49. The summed E-state index contributed by atoms with van der Waals surface area (Å²) in [5.41, 5.74) is 1.03. The number of halogens is 2. The van der Waals surface area contributed by atoms with E-state index in [1.165, 1.54) is 23.2 Å². The van der Waals surface area contributed by atoms with E-state index in [-0.39, 0.29) is 9.92 Å². The fraction of sp³-hybridized carbons (Fsp3) is 0.412. The number of aromatic nitrogens is 2. The molecule has 2 heterocycles. The molecule has 0 bridgehead atoms. The largest absolute Gasteiger partial charge is 0.352 e. The van der Waals surface area contributed by atoms with Gasteiger partial charge >= 0.3 is 0 Å². The molecule has 2 aliphatic rings. The monoisotopic (exact) mass is 396 g/mol. The summed E-state index contributed by atoms with van der Waals surface area (Å²) in [5, 5.41) is 8.36. The van der Waals surface area contributed by atoms with Crippen molar-refractivity contribution >= 4 is 27.4 Å². The Morgan fingerprint density at radius 2 is 1.77 bits per heavy atom. The lowest BCUT2D eigenvalue weighted by molar-refractivity contribution is 0.383. The van der Waals surface area contributed by atoms with Gasteiger partial charge in [-0.15, -0.1) is 5.10 Å². The highest BCUT2D eigenvalue weighted by Crippen LogP contribution is 2.38. The van der Waals surface area contributed by atoms with Crippen LogP contribution in [0.1, 0.15) is 24.5 Å². The number of anilines is 1. The molecule has 26 heavy (non-hydrogen) atoms. The molecule has 0 spiro atoms. The number of sulfonamides is 1. The highest BCUT2D eigenvalue weighted by molar-refractivity contribution is 7.89. The maximum absolute atomic E-state index is 13.3. The topological polar surface area (TPSA) is 66.4 Å². The lowest BCUT2D eigenvalue weighted by atomic mass is 10.2. The van der Waals surface area contributed by atoms with Gasteiger partial charge in [0, 0.05) is 32.1 Å². The molecule has 1 aliphatic carbocycles. The number of hydrogen-bond acceptors (Lipinski definition) is 5. The van der Waals surface area contributed by atoms with Crippen molar-refractivity contribution in [3.05, 3.63) is 46.9 Å². The van der Waals surface area contributed by atoms with Gasteiger partial charge in [0.2, 0.25) is 10.0 Å². The fourth-order valence-corrected chi connectivity index (χ4v) is 4.74. The Kier molecular flexibility index (Phi) is 4.58. The van der Waals surface area contributed by atoms with Gasteiger partial charge in [-0.2, -0.15) is 9.40 Å². The van der Waals surface area contributed by atoms with Gasteiger partial charge in [0.25, 0.3) is 0 Å². The first-order chi connectivity index (χ1) is 12.4. The highest BCUT2D eigenvalue weighted by Gasteiger charge is 2.30. The summed E-state index contributed by atoms with van der Waals surface area (Å²) >= 11 is 5.72. The Morgan fingerprint density at radius 3 is 2.35 bits per heavy atom. The van der Waals surface area contributed by atoms with Crippen LogP contribution in [-0.4, -0.2) is 49.1 Å². The third-order valence-electron chi connectivity index (χ3n) is 4.76. The van der Waals surface area contributed by atoms with Crippen molar-refractivity contribution in [2.45, 2.75) is 23.7 Å². The molecule has 0 unspecified atom stereocenters. The van der Waals surface area contributed by atoms with E-state index >= 15 is 0 Å². The van der Waals surface area contributed by atoms with Crippen LogP contribution in [0.25, 0.3) is 0 Å². The Labute approximate surface area is 156 Å². The van der Waals surface area contributed by atoms with Gasteiger partial charge in [0.15, 0.2) is 5.82 Å². The number of benzene rings is 1. The molecular weight excluding hydrogens is 379 g/mol. The van der Waals surface area contributed by atoms with E-state index in [1.807, 2.05) is 17.0 Å². The van der Waals surface area contributed by atoms with Crippen molar-refractivity contribution in [2.24, 2.45) is 0 Å². The van der Waals surface area contributed by atoms with Gasteiger partial charge in [-0.3, -0.25) is 0 Å². The van der Waals surface area contributed by atoms with E-state index in [1.54, 1.807) is 0 Å². The van der Waals surface area contributed by atoms with Crippen LogP contribution in [-0.2, 0) is 10.0 Å². The third kappa shape index (κ3) is 3.41. The van der Waals surface area contributed by atoms with Gasteiger partial charge in [0.05, 0.1) is 15.6 Å². The standard InChI is InChI=1S/C17H18ClFN4O2S/c18-14-11-13(3-4-15(14)19)26(24,25)23-9-7-22(8-10-23)17-6-5-16(20-21-17)12-1-2-12/h3-6,11-12H,1-2,7-10H2. The van der Waals surface area contributed by atoms with Crippen molar-refractivity contribution in [3.63, 3.8) is 0 Å². The van der Waals surface area contributed by atoms with Crippen molar-refractivity contribution in [1.82, 2.24) is 14.5 Å². The maximum Gasteiger partial charge on any atom is 0.243 e. The first-order valence-corrected chi connectivity index (χ1v) is 10.3. The second-order valence-corrected chi connectivity index (χ2v) is 8.90. The molecule has 4 rings (SSSR count). The average Bonchev–Trinajstić information content (AvgIpc) is 3.49. The SMILES string of the molecule is O=S(=O)(c1ccc(F)c(Cl)c1)N1CCN(c2ccc(C3CC3)nn2)CC1. The van der Waals surface area contributed by atoms with Gasteiger partial charge in [-0.1, -0.05) is 11.6 Å². The predicted octanol–water partition coefficient (Wildman–Crippen LogP) is 2.66. The van der Waals surface area contributed by atoms with Crippen LogP contribution in [0.5, 0.6) is 0 Å². The van der Waals surface area contributed by atoms with Gasteiger partial charge in [-0.05, 0) is 43.2 Å². The summed E-state index contributed by atoms with van der Waals surface area (Å²) in [5.74, 6) is 0.681. The van der Waals surface area contributed by atoms with Crippen molar-refractivity contribution in [1.29, 1.82) is 0 Å². The second kappa shape index (κ2) is 6.75. The van der Waals surface area contributed by atoms with Crippen molar-refractivity contribution < 1.29 is 12.8 Å². The molecule has 0 atom stereocenters. The second-order valence-electron chi connectivity index (χ2n) is 6.56. The molecule has 6 nitrogen and oxygen atoms in total. The van der Waals surface area contributed by atoms with Crippen LogP contribution in [0.15, 0.2) is 35.2 Å².